The van der Waals surface area contributed by atoms with Crippen molar-refractivity contribution in [3.05, 3.63) is 54.6 Å². The van der Waals surface area contributed by atoms with Gasteiger partial charge in [-0.15, -0.1) is 0 Å². The summed E-state index contributed by atoms with van der Waals surface area (Å²) >= 11 is 0. The molecule has 4 rings (SSSR count). The molecule has 0 amide bonds. The van der Waals surface area contributed by atoms with Crippen LogP contribution in [0.2, 0.25) is 0 Å². The first kappa shape index (κ1) is 20.9. The van der Waals surface area contributed by atoms with Gasteiger partial charge in [0.25, 0.3) is 0 Å². The predicted molar refractivity (Wildman–Crippen MR) is 123 cm³/mol. The number of guanidine groups is 1. The fraction of sp³-hybridized carbons (Fsp3) is 0.583. The lowest BCUT2D eigenvalue weighted by atomic mass is 9.93. The molecule has 3 heterocycles. The monoisotopic (exact) mass is 408 g/mol. The summed E-state index contributed by atoms with van der Waals surface area (Å²) in [5.41, 5.74) is 1.44. The average molecular weight is 409 g/mol. The Kier molecular flexibility index (Phi) is 7.05. The number of imidazole rings is 1. The van der Waals surface area contributed by atoms with Gasteiger partial charge in [0.2, 0.25) is 0 Å². The Balaban J connectivity index is 1.24. The molecule has 1 aromatic carbocycles. The Morgan fingerprint density at radius 1 is 1.17 bits per heavy atom. The molecule has 2 fully saturated rings. The summed E-state index contributed by atoms with van der Waals surface area (Å²) in [7, 11) is 1.91. The van der Waals surface area contributed by atoms with Crippen molar-refractivity contribution >= 4 is 5.96 Å². The highest BCUT2D eigenvalue weighted by molar-refractivity contribution is 5.80. The van der Waals surface area contributed by atoms with E-state index in [4.69, 9.17) is 0 Å². The van der Waals surface area contributed by atoms with E-state index < -0.39 is 0 Å². The van der Waals surface area contributed by atoms with Crippen molar-refractivity contribution in [2.24, 2.45) is 16.8 Å². The lowest BCUT2D eigenvalue weighted by Crippen LogP contribution is -2.49. The van der Waals surface area contributed by atoms with Crippen LogP contribution < -0.4 is 5.32 Å². The maximum atomic E-state index is 4.60. The van der Waals surface area contributed by atoms with Gasteiger partial charge >= 0.3 is 0 Å². The highest BCUT2D eigenvalue weighted by Gasteiger charge is 2.29. The van der Waals surface area contributed by atoms with Gasteiger partial charge in [0.15, 0.2) is 5.96 Å². The van der Waals surface area contributed by atoms with Gasteiger partial charge in [-0.05, 0) is 43.2 Å². The minimum Gasteiger partial charge on any atom is -0.356 e. The summed E-state index contributed by atoms with van der Waals surface area (Å²) < 4.78 is 2.26. The summed E-state index contributed by atoms with van der Waals surface area (Å²) in [6.07, 6.45) is 9.51. The molecule has 6 heteroatoms. The van der Waals surface area contributed by atoms with Gasteiger partial charge in [0.1, 0.15) is 0 Å². The molecule has 3 atom stereocenters. The van der Waals surface area contributed by atoms with E-state index in [1.54, 1.807) is 0 Å². The van der Waals surface area contributed by atoms with Crippen LogP contribution in [-0.2, 0) is 6.42 Å². The van der Waals surface area contributed by atoms with Crippen LogP contribution in [0.3, 0.4) is 0 Å². The van der Waals surface area contributed by atoms with Crippen LogP contribution in [0.1, 0.15) is 31.4 Å². The number of likely N-dealkylation sites (tertiary alicyclic amines) is 2. The maximum absolute atomic E-state index is 4.60. The number of nitrogens with zero attached hydrogens (tertiary/aromatic N) is 5. The largest absolute Gasteiger partial charge is 0.356 e. The second-order valence-electron chi connectivity index (χ2n) is 8.91. The summed E-state index contributed by atoms with van der Waals surface area (Å²) in [6.45, 7) is 8.97. The Bertz CT molecular complexity index is 787. The number of hydrogen-bond acceptors (Lipinski definition) is 3. The van der Waals surface area contributed by atoms with Crippen LogP contribution in [0.15, 0.2) is 54.0 Å². The molecule has 2 aromatic rings. The molecule has 1 N–H and O–H groups in total. The second kappa shape index (κ2) is 10.1. The molecule has 1 aromatic heterocycles. The van der Waals surface area contributed by atoms with Crippen molar-refractivity contribution in [1.82, 2.24) is 24.7 Å². The van der Waals surface area contributed by atoms with E-state index in [0.717, 1.165) is 38.6 Å². The third-order valence-electron chi connectivity index (χ3n) is 6.82. The first-order valence-electron chi connectivity index (χ1n) is 11.4. The van der Waals surface area contributed by atoms with E-state index in [-0.39, 0.29) is 0 Å². The van der Waals surface area contributed by atoms with E-state index in [1.807, 2.05) is 19.6 Å². The molecule has 3 unspecified atom stereocenters. The molecule has 30 heavy (non-hydrogen) atoms. The maximum Gasteiger partial charge on any atom is 0.193 e. The zero-order valence-corrected chi connectivity index (χ0v) is 18.5. The van der Waals surface area contributed by atoms with Gasteiger partial charge in [-0.1, -0.05) is 37.3 Å². The Hall–Kier alpha value is -2.34. The average Bonchev–Trinajstić information content (AvgIpc) is 3.47. The second-order valence-corrected chi connectivity index (χ2v) is 8.91. The van der Waals surface area contributed by atoms with Crippen LogP contribution in [0.4, 0.5) is 0 Å². The molecule has 0 radical (unpaired) electrons. The highest BCUT2D eigenvalue weighted by atomic mass is 15.3. The van der Waals surface area contributed by atoms with Crippen molar-refractivity contribution in [1.29, 1.82) is 0 Å². The number of nitrogens with one attached hydrogen (secondary N) is 1. The zero-order chi connectivity index (χ0) is 20.8. The molecular formula is C24H36N6. The third-order valence-corrected chi connectivity index (χ3v) is 6.82. The fourth-order valence-corrected chi connectivity index (χ4v) is 4.88. The Morgan fingerprint density at radius 3 is 2.80 bits per heavy atom. The van der Waals surface area contributed by atoms with Crippen LogP contribution in [0.5, 0.6) is 0 Å². The minimum atomic E-state index is 0.458. The first-order valence-corrected chi connectivity index (χ1v) is 11.4. The van der Waals surface area contributed by atoms with E-state index in [2.05, 4.69) is 73.1 Å². The summed E-state index contributed by atoms with van der Waals surface area (Å²) in [4.78, 5) is 13.9. The minimum absolute atomic E-state index is 0.458. The SMILES string of the molecule is CN=C(NCC1CCN(CCc2ccccc2)C1)N1CCC(C)C(n2ccnc2)C1. The van der Waals surface area contributed by atoms with Gasteiger partial charge in [-0.3, -0.25) is 4.99 Å². The van der Waals surface area contributed by atoms with Crippen molar-refractivity contribution < 1.29 is 0 Å². The zero-order valence-electron chi connectivity index (χ0n) is 18.5. The first-order chi connectivity index (χ1) is 14.7. The Morgan fingerprint density at radius 2 is 2.03 bits per heavy atom. The lowest BCUT2D eigenvalue weighted by molar-refractivity contribution is 0.188. The predicted octanol–water partition coefficient (Wildman–Crippen LogP) is 2.91. The molecule has 0 saturated carbocycles. The van der Waals surface area contributed by atoms with Gasteiger partial charge < -0.3 is 19.7 Å². The summed E-state index contributed by atoms with van der Waals surface area (Å²) in [6, 6.07) is 11.3. The van der Waals surface area contributed by atoms with Crippen molar-refractivity contribution in [2.75, 3.05) is 46.3 Å². The number of piperidine rings is 1. The number of aliphatic imine (C=N–C) groups is 1. The van der Waals surface area contributed by atoms with Crippen LogP contribution >= 0.6 is 0 Å². The van der Waals surface area contributed by atoms with E-state index >= 15 is 0 Å². The Labute approximate surface area is 181 Å². The van der Waals surface area contributed by atoms with Gasteiger partial charge in [0, 0.05) is 52.2 Å². The highest BCUT2D eigenvalue weighted by Crippen LogP contribution is 2.27. The third kappa shape index (κ3) is 5.22. The molecule has 162 valence electrons. The van der Waals surface area contributed by atoms with Gasteiger partial charge in [-0.2, -0.15) is 0 Å². The normalized spacial score (nSPS) is 25.6. The molecule has 2 aliphatic rings. The van der Waals surface area contributed by atoms with Crippen LogP contribution in [0, 0.1) is 11.8 Å². The molecule has 0 spiro atoms. The molecule has 2 aliphatic heterocycles. The number of aromatic nitrogens is 2. The number of benzene rings is 1. The van der Waals surface area contributed by atoms with Crippen LogP contribution in [-0.4, -0.2) is 71.6 Å². The standard InChI is InChI=1S/C24H36N6/c1-20-8-14-29(18-23(20)30-15-11-26-19-30)24(25-2)27-16-22-10-13-28(17-22)12-9-21-6-4-3-5-7-21/h3-7,11,15,19-20,22-23H,8-10,12-14,16-18H2,1-2H3,(H,25,27). The van der Waals surface area contributed by atoms with E-state index in [0.29, 0.717) is 17.9 Å². The molecule has 0 aliphatic carbocycles. The molecule has 0 bridgehead atoms. The summed E-state index contributed by atoms with van der Waals surface area (Å²) in [5.74, 6) is 2.40. The summed E-state index contributed by atoms with van der Waals surface area (Å²) in [5, 5.41) is 3.68. The van der Waals surface area contributed by atoms with E-state index in [9.17, 15) is 0 Å². The van der Waals surface area contributed by atoms with Crippen molar-refractivity contribution in [3.63, 3.8) is 0 Å². The van der Waals surface area contributed by atoms with Crippen LogP contribution in [0.25, 0.3) is 0 Å². The molecule has 2 saturated heterocycles. The van der Waals surface area contributed by atoms with Gasteiger partial charge in [0.05, 0.1) is 12.4 Å². The van der Waals surface area contributed by atoms with Gasteiger partial charge in [-0.25, -0.2) is 4.98 Å². The quantitative estimate of drug-likeness (QED) is 0.590. The molecule has 6 nitrogen and oxygen atoms in total. The smallest absolute Gasteiger partial charge is 0.193 e. The van der Waals surface area contributed by atoms with Crippen molar-refractivity contribution in [3.8, 4) is 0 Å². The topological polar surface area (TPSA) is 48.7 Å². The lowest BCUT2D eigenvalue weighted by Gasteiger charge is -2.39. The fourth-order valence-electron chi connectivity index (χ4n) is 4.88. The van der Waals surface area contributed by atoms with Crippen molar-refractivity contribution in [2.45, 2.75) is 32.2 Å². The molecular weight excluding hydrogens is 372 g/mol. The van der Waals surface area contributed by atoms with E-state index in [1.165, 1.54) is 31.5 Å². The number of rotatable bonds is 6. The number of hydrogen-bond donors (Lipinski definition) is 1.